The van der Waals surface area contributed by atoms with E-state index in [1.54, 1.807) is 18.6 Å². The Morgan fingerprint density at radius 1 is 1.33 bits per heavy atom. The summed E-state index contributed by atoms with van der Waals surface area (Å²) in [5, 5.41) is 3.07. The lowest BCUT2D eigenvalue weighted by molar-refractivity contribution is 0.512. The lowest BCUT2D eigenvalue weighted by atomic mass is 10.3. The largest absolute Gasteiger partial charge is 0.441 e. The third-order valence-electron chi connectivity index (χ3n) is 2.10. The molecular formula is C11H13N3O. The Bertz CT molecular complexity index is 411. The third-order valence-corrected chi connectivity index (χ3v) is 2.10. The molecule has 0 fully saturated rings. The summed E-state index contributed by atoms with van der Waals surface area (Å²) in [6, 6.07) is 3.77. The molecule has 2 aromatic heterocycles. The maximum Gasteiger partial charge on any atom is 0.226 e. The first-order chi connectivity index (χ1) is 7.40. The van der Waals surface area contributed by atoms with Crippen molar-refractivity contribution in [3.05, 3.63) is 36.5 Å². The predicted octanol–water partition coefficient (Wildman–Crippen LogP) is 1.50. The van der Waals surface area contributed by atoms with Crippen LogP contribution in [-0.4, -0.2) is 23.6 Å². The van der Waals surface area contributed by atoms with Crippen LogP contribution in [0.3, 0.4) is 0 Å². The van der Waals surface area contributed by atoms with Gasteiger partial charge in [-0.3, -0.25) is 4.98 Å². The fraction of sp³-hybridized carbons (Fsp3) is 0.273. The monoisotopic (exact) mass is 203 g/mol. The molecule has 0 atom stereocenters. The first kappa shape index (κ1) is 9.86. The summed E-state index contributed by atoms with van der Waals surface area (Å²) in [5.41, 5.74) is 0.959. The van der Waals surface area contributed by atoms with Gasteiger partial charge < -0.3 is 9.73 Å². The topological polar surface area (TPSA) is 51.0 Å². The number of nitrogens with one attached hydrogen (secondary N) is 1. The molecule has 0 aromatic carbocycles. The van der Waals surface area contributed by atoms with Crippen molar-refractivity contribution >= 4 is 0 Å². The zero-order valence-corrected chi connectivity index (χ0v) is 8.60. The summed E-state index contributed by atoms with van der Waals surface area (Å²) in [7, 11) is 1.92. The average molecular weight is 203 g/mol. The number of oxazole rings is 1. The van der Waals surface area contributed by atoms with Crippen molar-refractivity contribution in [3.8, 4) is 11.5 Å². The van der Waals surface area contributed by atoms with E-state index in [-0.39, 0.29) is 0 Å². The van der Waals surface area contributed by atoms with Gasteiger partial charge in [0, 0.05) is 30.9 Å². The van der Waals surface area contributed by atoms with E-state index in [1.165, 1.54) is 0 Å². The second-order valence-corrected chi connectivity index (χ2v) is 3.22. The van der Waals surface area contributed by atoms with Crippen LogP contribution in [0.15, 0.2) is 35.1 Å². The SMILES string of the molecule is CNCCc1cnc(-c2ccncc2)o1. The summed E-state index contributed by atoms with van der Waals surface area (Å²) >= 11 is 0. The number of rotatable bonds is 4. The van der Waals surface area contributed by atoms with E-state index in [9.17, 15) is 0 Å². The molecule has 0 unspecified atom stereocenters. The Balaban J connectivity index is 2.14. The summed E-state index contributed by atoms with van der Waals surface area (Å²) in [5.74, 6) is 1.56. The van der Waals surface area contributed by atoms with E-state index in [1.807, 2.05) is 19.2 Å². The van der Waals surface area contributed by atoms with Gasteiger partial charge in [0.25, 0.3) is 0 Å². The molecule has 0 aliphatic rings. The molecule has 0 saturated heterocycles. The van der Waals surface area contributed by atoms with Crippen LogP contribution in [0.4, 0.5) is 0 Å². The molecule has 0 saturated carbocycles. The molecule has 2 rings (SSSR count). The zero-order valence-electron chi connectivity index (χ0n) is 8.60. The Kier molecular flexibility index (Phi) is 3.09. The third kappa shape index (κ3) is 2.41. The number of pyridine rings is 1. The van der Waals surface area contributed by atoms with Crippen molar-refractivity contribution in [1.29, 1.82) is 0 Å². The van der Waals surface area contributed by atoms with Crippen LogP contribution in [0.25, 0.3) is 11.5 Å². The van der Waals surface area contributed by atoms with Gasteiger partial charge in [-0.05, 0) is 19.2 Å². The highest BCUT2D eigenvalue weighted by atomic mass is 16.4. The minimum absolute atomic E-state index is 0.656. The molecule has 0 radical (unpaired) electrons. The smallest absolute Gasteiger partial charge is 0.226 e. The quantitative estimate of drug-likeness (QED) is 0.818. The predicted molar refractivity (Wildman–Crippen MR) is 57.4 cm³/mol. The van der Waals surface area contributed by atoms with Crippen LogP contribution < -0.4 is 5.32 Å². The van der Waals surface area contributed by atoms with Gasteiger partial charge in [0.2, 0.25) is 5.89 Å². The molecule has 0 amide bonds. The maximum absolute atomic E-state index is 5.59. The standard InChI is InChI=1S/C11H13N3O/c1-12-5-4-10-8-14-11(15-10)9-2-6-13-7-3-9/h2-3,6-8,12H,4-5H2,1H3. The molecular weight excluding hydrogens is 190 g/mol. The Morgan fingerprint density at radius 2 is 2.13 bits per heavy atom. The number of hydrogen-bond acceptors (Lipinski definition) is 4. The van der Waals surface area contributed by atoms with Crippen molar-refractivity contribution in [2.75, 3.05) is 13.6 Å². The van der Waals surface area contributed by atoms with Gasteiger partial charge in [-0.1, -0.05) is 0 Å². The Hall–Kier alpha value is -1.68. The molecule has 1 N–H and O–H groups in total. The first-order valence-electron chi connectivity index (χ1n) is 4.90. The van der Waals surface area contributed by atoms with E-state index >= 15 is 0 Å². The van der Waals surface area contributed by atoms with Crippen molar-refractivity contribution in [2.24, 2.45) is 0 Å². The van der Waals surface area contributed by atoms with Crippen molar-refractivity contribution < 1.29 is 4.42 Å². The highest BCUT2D eigenvalue weighted by Crippen LogP contribution is 2.17. The minimum Gasteiger partial charge on any atom is -0.441 e. The maximum atomic E-state index is 5.59. The highest BCUT2D eigenvalue weighted by molar-refractivity contribution is 5.51. The van der Waals surface area contributed by atoms with E-state index in [0.717, 1.165) is 24.3 Å². The molecule has 2 aromatic rings. The molecule has 0 bridgehead atoms. The first-order valence-corrected chi connectivity index (χ1v) is 4.90. The highest BCUT2D eigenvalue weighted by Gasteiger charge is 2.05. The van der Waals surface area contributed by atoms with Gasteiger partial charge in [-0.25, -0.2) is 4.98 Å². The van der Waals surface area contributed by atoms with Crippen LogP contribution in [0.2, 0.25) is 0 Å². The molecule has 0 aliphatic carbocycles. The molecule has 4 heteroatoms. The molecule has 78 valence electrons. The molecule has 0 aliphatic heterocycles. The van der Waals surface area contributed by atoms with Crippen LogP contribution in [0, 0.1) is 0 Å². The Morgan fingerprint density at radius 3 is 2.87 bits per heavy atom. The fourth-order valence-corrected chi connectivity index (χ4v) is 1.30. The second-order valence-electron chi connectivity index (χ2n) is 3.22. The Labute approximate surface area is 88.4 Å². The summed E-state index contributed by atoms with van der Waals surface area (Å²) in [4.78, 5) is 8.16. The van der Waals surface area contributed by atoms with E-state index in [0.29, 0.717) is 5.89 Å². The number of nitrogens with zero attached hydrogens (tertiary/aromatic N) is 2. The fourth-order valence-electron chi connectivity index (χ4n) is 1.30. The zero-order chi connectivity index (χ0) is 10.5. The van der Waals surface area contributed by atoms with Crippen LogP contribution in [0.5, 0.6) is 0 Å². The van der Waals surface area contributed by atoms with E-state index in [2.05, 4.69) is 15.3 Å². The number of hydrogen-bond donors (Lipinski definition) is 1. The van der Waals surface area contributed by atoms with Gasteiger partial charge in [-0.15, -0.1) is 0 Å². The summed E-state index contributed by atoms with van der Waals surface area (Å²) in [6.45, 7) is 0.894. The van der Waals surface area contributed by atoms with Crippen LogP contribution in [-0.2, 0) is 6.42 Å². The normalized spacial score (nSPS) is 10.5. The van der Waals surface area contributed by atoms with Crippen molar-refractivity contribution in [2.45, 2.75) is 6.42 Å². The number of aromatic nitrogens is 2. The number of likely N-dealkylation sites (N-methyl/N-ethyl adjacent to an activating group) is 1. The molecule has 4 nitrogen and oxygen atoms in total. The van der Waals surface area contributed by atoms with Crippen LogP contribution in [0.1, 0.15) is 5.76 Å². The van der Waals surface area contributed by atoms with Crippen LogP contribution >= 0.6 is 0 Å². The summed E-state index contributed by atoms with van der Waals surface area (Å²) < 4.78 is 5.59. The molecule has 2 heterocycles. The lowest BCUT2D eigenvalue weighted by Crippen LogP contribution is -2.09. The van der Waals surface area contributed by atoms with Crippen molar-refractivity contribution in [3.63, 3.8) is 0 Å². The van der Waals surface area contributed by atoms with Gasteiger partial charge >= 0.3 is 0 Å². The van der Waals surface area contributed by atoms with Gasteiger partial charge in [0.05, 0.1) is 6.20 Å². The lowest BCUT2D eigenvalue weighted by Gasteiger charge is -1.95. The van der Waals surface area contributed by atoms with Crippen molar-refractivity contribution in [1.82, 2.24) is 15.3 Å². The van der Waals surface area contributed by atoms with E-state index < -0.39 is 0 Å². The summed E-state index contributed by atoms with van der Waals surface area (Å²) in [6.07, 6.45) is 6.08. The minimum atomic E-state index is 0.656. The van der Waals surface area contributed by atoms with Gasteiger partial charge in [0.1, 0.15) is 5.76 Å². The van der Waals surface area contributed by atoms with E-state index in [4.69, 9.17) is 4.42 Å². The van der Waals surface area contributed by atoms with Gasteiger partial charge in [0.15, 0.2) is 0 Å². The second kappa shape index (κ2) is 4.70. The molecule has 0 spiro atoms. The average Bonchev–Trinajstić information content (AvgIpc) is 2.76. The van der Waals surface area contributed by atoms with Gasteiger partial charge in [-0.2, -0.15) is 0 Å². The molecule has 15 heavy (non-hydrogen) atoms.